The van der Waals surface area contributed by atoms with Gasteiger partial charge in [0.2, 0.25) is 0 Å². The number of nitrogens with two attached hydrogens (primary N) is 1. The van der Waals surface area contributed by atoms with Crippen molar-refractivity contribution in [3.05, 3.63) is 46.1 Å². The number of benzene rings is 1. The maximum Gasteiger partial charge on any atom is 0.356 e. The van der Waals surface area contributed by atoms with E-state index in [1.165, 1.54) is 13.5 Å². The summed E-state index contributed by atoms with van der Waals surface area (Å²) in [6.07, 6.45) is 5.45. The van der Waals surface area contributed by atoms with E-state index in [9.17, 15) is 9.59 Å². The summed E-state index contributed by atoms with van der Waals surface area (Å²) < 4.78 is 5.75. The van der Waals surface area contributed by atoms with Gasteiger partial charge in [-0.3, -0.25) is 4.79 Å². The van der Waals surface area contributed by atoms with Crippen LogP contribution in [-0.2, 0) is 4.74 Å². The van der Waals surface area contributed by atoms with Crippen molar-refractivity contribution in [2.24, 2.45) is 5.73 Å². The molecule has 1 amide bonds. The quantitative estimate of drug-likeness (QED) is 0.693. The number of hydrogen-bond acceptors (Lipinski definition) is 5. The Morgan fingerprint density at radius 2 is 1.85 bits per heavy atom. The molecule has 0 spiro atoms. The number of carbonyl (C=O) groups excluding carboxylic acids is 2. The maximum atomic E-state index is 12.3. The Bertz CT molecular complexity index is 846. The second kappa shape index (κ2) is 8.52. The van der Waals surface area contributed by atoms with Crippen LogP contribution in [0, 0.1) is 0 Å². The van der Waals surface area contributed by atoms with Gasteiger partial charge in [0.1, 0.15) is 5.82 Å². The summed E-state index contributed by atoms with van der Waals surface area (Å²) in [5.74, 6) is -0.804. The monoisotopic (exact) mass is 431 g/mol. The lowest BCUT2D eigenvalue weighted by Crippen LogP contribution is -2.26. The minimum atomic E-state index is -0.588. The van der Waals surface area contributed by atoms with Crippen LogP contribution in [0.1, 0.15) is 53.0 Å². The standard InChI is InChI=1S/C20H22BrN3O3/c1-27-20(26)16-11-15(12-7-9-13(21)10-8-12)17(18(22)25)19(24-16)23-14-5-3-2-4-6-14/h7-11,14H,2-6H2,1H3,(H2,22,25)(H,23,24). The van der Waals surface area contributed by atoms with Gasteiger partial charge in [-0.2, -0.15) is 0 Å². The van der Waals surface area contributed by atoms with Gasteiger partial charge in [0.05, 0.1) is 12.7 Å². The molecule has 1 aliphatic rings. The van der Waals surface area contributed by atoms with Crippen LogP contribution in [0.3, 0.4) is 0 Å². The lowest BCUT2D eigenvalue weighted by atomic mass is 9.94. The number of carbonyl (C=O) groups is 2. The van der Waals surface area contributed by atoms with Crippen molar-refractivity contribution in [3.8, 4) is 11.1 Å². The predicted molar refractivity (Wildman–Crippen MR) is 108 cm³/mol. The number of rotatable bonds is 5. The third-order valence-electron chi connectivity index (χ3n) is 4.76. The van der Waals surface area contributed by atoms with E-state index in [4.69, 9.17) is 10.5 Å². The largest absolute Gasteiger partial charge is 0.464 e. The van der Waals surface area contributed by atoms with Gasteiger partial charge in [0.25, 0.3) is 5.91 Å². The Morgan fingerprint density at radius 3 is 2.44 bits per heavy atom. The van der Waals surface area contributed by atoms with Crippen molar-refractivity contribution in [2.45, 2.75) is 38.1 Å². The molecule has 1 fully saturated rings. The first-order valence-electron chi connectivity index (χ1n) is 8.95. The summed E-state index contributed by atoms with van der Waals surface area (Å²) in [7, 11) is 1.31. The van der Waals surface area contributed by atoms with E-state index in [2.05, 4.69) is 26.2 Å². The number of halogens is 1. The lowest BCUT2D eigenvalue weighted by Gasteiger charge is -2.25. The molecule has 0 radical (unpaired) electrons. The number of pyridine rings is 1. The van der Waals surface area contributed by atoms with E-state index in [-0.39, 0.29) is 17.3 Å². The van der Waals surface area contributed by atoms with Crippen LogP contribution < -0.4 is 11.1 Å². The van der Waals surface area contributed by atoms with E-state index in [1.54, 1.807) is 6.07 Å². The second-order valence-corrected chi connectivity index (χ2v) is 7.54. The minimum absolute atomic E-state index is 0.138. The number of primary amides is 1. The first-order valence-corrected chi connectivity index (χ1v) is 9.74. The van der Waals surface area contributed by atoms with Crippen molar-refractivity contribution >= 4 is 33.6 Å². The molecule has 1 aliphatic carbocycles. The number of methoxy groups -OCH3 is 1. The summed E-state index contributed by atoms with van der Waals surface area (Å²) in [4.78, 5) is 28.8. The van der Waals surface area contributed by atoms with E-state index in [1.807, 2.05) is 24.3 Å². The summed E-state index contributed by atoms with van der Waals surface area (Å²) in [5.41, 5.74) is 7.46. The molecule has 3 N–H and O–H groups in total. The number of hydrogen-bond donors (Lipinski definition) is 2. The molecule has 0 unspecified atom stereocenters. The van der Waals surface area contributed by atoms with Crippen molar-refractivity contribution < 1.29 is 14.3 Å². The van der Waals surface area contributed by atoms with Crippen molar-refractivity contribution in [1.29, 1.82) is 0 Å². The zero-order chi connectivity index (χ0) is 19.4. The van der Waals surface area contributed by atoms with Gasteiger partial charge < -0.3 is 15.8 Å². The van der Waals surface area contributed by atoms with Crippen molar-refractivity contribution in [3.63, 3.8) is 0 Å². The molecule has 1 aromatic carbocycles. The minimum Gasteiger partial charge on any atom is -0.464 e. The fourth-order valence-electron chi connectivity index (χ4n) is 3.41. The van der Waals surface area contributed by atoms with E-state index >= 15 is 0 Å². The van der Waals surface area contributed by atoms with Gasteiger partial charge in [-0.25, -0.2) is 9.78 Å². The summed E-state index contributed by atoms with van der Waals surface area (Å²) in [5, 5.41) is 3.34. The summed E-state index contributed by atoms with van der Waals surface area (Å²) in [6.45, 7) is 0. The second-order valence-electron chi connectivity index (χ2n) is 6.62. The predicted octanol–water partition coefficient (Wildman–Crippen LogP) is 4.14. The number of nitrogens with one attached hydrogen (secondary N) is 1. The van der Waals surface area contributed by atoms with Gasteiger partial charge in [-0.05, 0) is 36.6 Å². The number of amides is 1. The molecule has 7 heteroatoms. The third-order valence-corrected chi connectivity index (χ3v) is 5.29. The molecular weight excluding hydrogens is 410 g/mol. The molecule has 1 saturated carbocycles. The number of anilines is 1. The molecular formula is C20H22BrN3O3. The van der Waals surface area contributed by atoms with Crippen LogP contribution >= 0.6 is 15.9 Å². The fourth-order valence-corrected chi connectivity index (χ4v) is 3.67. The Hall–Kier alpha value is -2.41. The Kier molecular flexibility index (Phi) is 6.11. The van der Waals surface area contributed by atoms with Gasteiger partial charge in [-0.1, -0.05) is 47.3 Å². The average molecular weight is 432 g/mol. The van der Waals surface area contributed by atoms with Crippen molar-refractivity contribution in [1.82, 2.24) is 4.98 Å². The maximum absolute atomic E-state index is 12.3. The highest BCUT2D eigenvalue weighted by molar-refractivity contribution is 9.10. The molecule has 0 aliphatic heterocycles. The van der Waals surface area contributed by atoms with Gasteiger partial charge >= 0.3 is 5.97 Å². The number of aromatic nitrogens is 1. The van der Waals surface area contributed by atoms with Gasteiger partial charge in [0.15, 0.2) is 5.69 Å². The Balaban J connectivity index is 2.13. The zero-order valence-electron chi connectivity index (χ0n) is 15.1. The molecule has 2 aromatic rings. The molecule has 0 atom stereocenters. The van der Waals surface area contributed by atoms with Crippen LogP contribution in [0.5, 0.6) is 0 Å². The number of nitrogens with zero attached hydrogens (tertiary/aromatic N) is 1. The fraction of sp³-hybridized carbons (Fsp3) is 0.350. The van der Waals surface area contributed by atoms with Crippen LogP contribution in [0.4, 0.5) is 5.82 Å². The van der Waals surface area contributed by atoms with E-state index < -0.39 is 11.9 Å². The van der Waals surface area contributed by atoms with Crippen LogP contribution in [0.25, 0.3) is 11.1 Å². The highest BCUT2D eigenvalue weighted by Crippen LogP contribution is 2.32. The topological polar surface area (TPSA) is 94.3 Å². The van der Waals surface area contributed by atoms with Crippen LogP contribution in [0.15, 0.2) is 34.8 Å². The van der Waals surface area contributed by atoms with Gasteiger partial charge in [-0.15, -0.1) is 0 Å². The Morgan fingerprint density at radius 1 is 1.19 bits per heavy atom. The number of ether oxygens (including phenoxy) is 1. The highest BCUT2D eigenvalue weighted by Gasteiger charge is 2.24. The molecule has 1 aromatic heterocycles. The number of esters is 1. The highest BCUT2D eigenvalue weighted by atomic mass is 79.9. The molecule has 1 heterocycles. The molecule has 0 bridgehead atoms. The molecule has 3 rings (SSSR count). The molecule has 0 saturated heterocycles. The molecule has 27 heavy (non-hydrogen) atoms. The molecule has 142 valence electrons. The van der Waals surface area contributed by atoms with Crippen LogP contribution in [0.2, 0.25) is 0 Å². The Labute approximate surface area is 166 Å². The normalized spacial score (nSPS) is 14.6. The zero-order valence-corrected chi connectivity index (χ0v) is 16.7. The van der Waals surface area contributed by atoms with Crippen LogP contribution in [-0.4, -0.2) is 30.0 Å². The lowest BCUT2D eigenvalue weighted by molar-refractivity contribution is 0.0594. The van der Waals surface area contributed by atoms with Gasteiger partial charge in [0, 0.05) is 16.1 Å². The SMILES string of the molecule is COC(=O)c1cc(-c2ccc(Br)cc2)c(C(N)=O)c(NC2CCCCC2)n1. The first-order chi connectivity index (χ1) is 13.0. The van der Waals surface area contributed by atoms with E-state index in [0.29, 0.717) is 11.4 Å². The van der Waals surface area contributed by atoms with Crippen molar-refractivity contribution in [2.75, 3.05) is 12.4 Å². The average Bonchev–Trinajstić information content (AvgIpc) is 2.68. The summed E-state index contributed by atoms with van der Waals surface area (Å²) in [6, 6.07) is 9.21. The smallest absolute Gasteiger partial charge is 0.356 e. The van der Waals surface area contributed by atoms with E-state index in [0.717, 1.165) is 35.7 Å². The third kappa shape index (κ3) is 4.47. The summed E-state index contributed by atoms with van der Waals surface area (Å²) >= 11 is 3.40. The molecule has 6 nitrogen and oxygen atoms in total. The first kappa shape index (κ1) is 19.4.